The number of pyridine rings is 1. The minimum absolute atomic E-state index is 0.0250. The van der Waals surface area contributed by atoms with Gasteiger partial charge in [-0.3, -0.25) is 9.69 Å². The minimum Gasteiger partial charge on any atom is -0.439 e. The molecule has 2 bridgehead atoms. The van der Waals surface area contributed by atoms with Crippen molar-refractivity contribution in [2.75, 3.05) is 13.1 Å². The predicted molar refractivity (Wildman–Crippen MR) is 101 cm³/mol. The van der Waals surface area contributed by atoms with Gasteiger partial charge in [-0.15, -0.1) is 0 Å². The van der Waals surface area contributed by atoms with Gasteiger partial charge >= 0.3 is 0 Å². The summed E-state index contributed by atoms with van der Waals surface area (Å²) in [5.74, 6) is 1.61. The topological polar surface area (TPSA) is 54.5 Å². The molecular formula is C20H22ClN3O2. The lowest BCUT2D eigenvalue weighted by Crippen LogP contribution is -2.62. The maximum absolute atomic E-state index is 12.6. The highest BCUT2D eigenvalue weighted by atomic mass is 35.5. The Morgan fingerprint density at radius 3 is 2.62 bits per heavy atom. The van der Waals surface area contributed by atoms with Crippen LogP contribution < -0.4 is 10.1 Å². The number of fused-ring (bicyclic) bond motifs is 3. The molecule has 1 N–H and O–H groups in total. The fourth-order valence-corrected chi connectivity index (χ4v) is 4.17. The van der Waals surface area contributed by atoms with Crippen LogP contribution in [0.25, 0.3) is 0 Å². The van der Waals surface area contributed by atoms with E-state index in [9.17, 15) is 4.79 Å². The number of carbonyl (C=O) groups excluding carboxylic acids is 1. The Kier molecular flexibility index (Phi) is 4.83. The molecule has 1 aromatic heterocycles. The zero-order chi connectivity index (χ0) is 18.1. The van der Waals surface area contributed by atoms with E-state index in [4.69, 9.17) is 16.3 Å². The van der Waals surface area contributed by atoms with Crippen LogP contribution in [0.2, 0.25) is 5.02 Å². The summed E-state index contributed by atoms with van der Waals surface area (Å²) in [6.45, 7) is 4.52. The van der Waals surface area contributed by atoms with Crippen molar-refractivity contribution in [3.05, 3.63) is 53.2 Å². The van der Waals surface area contributed by atoms with Gasteiger partial charge in [0.1, 0.15) is 5.75 Å². The molecule has 1 amide bonds. The van der Waals surface area contributed by atoms with Crippen molar-refractivity contribution < 1.29 is 9.53 Å². The second-order valence-electron chi connectivity index (χ2n) is 7.05. The highest BCUT2D eigenvalue weighted by molar-refractivity contribution is 6.30. The summed E-state index contributed by atoms with van der Waals surface area (Å²) in [6.07, 6.45) is 3.94. The van der Waals surface area contributed by atoms with E-state index >= 15 is 0 Å². The Labute approximate surface area is 158 Å². The first-order valence-electron chi connectivity index (χ1n) is 9.04. The number of nitrogens with zero attached hydrogens (tertiary/aromatic N) is 2. The van der Waals surface area contributed by atoms with E-state index in [1.54, 1.807) is 42.6 Å². The Balaban J connectivity index is 1.41. The summed E-state index contributed by atoms with van der Waals surface area (Å²) in [7, 11) is 0. The van der Waals surface area contributed by atoms with Gasteiger partial charge in [-0.2, -0.15) is 0 Å². The Hall–Kier alpha value is -2.11. The second kappa shape index (κ2) is 7.25. The molecule has 3 fully saturated rings. The zero-order valence-electron chi connectivity index (χ0n) is 14.7. The van der Waals surface area contributed by atoms with Gasteiger partial charge < -0.3 is 10.1 Å². The average Bonchev–Trinajstić information content (AvgIpc) is 2.65. The lowest BCUT2D eigenvalue weighted by atomic mass is 9.79. The molecular weight excluding hydrogens is 350 g/mol. The van der Waals surface area contributed by atoms with Crippen LogP contribution in [0.3, 0.4) is 0 Å². The highest BCUT2D eigenvalue weighted by Crippen LogP contribution is 2.32. The summed E-state index contributed by atoms with van der Waals surface area (Å²) in [5, 5.41) is 3.81. The Bertz CT molecular complexity index is 786. The quantitative estimate of drug-likeness (QED) is 0.889. The van der Waals surface area contributed by atoms with Crippen LogP contribution in [0.5, 0.6) is 11.6 Å². The molecule has 3 aliphatic rings. The molecule has 0 aliphatic carbocycles. The van der Waals surface area contributed by atoms with Crippen LogP contribution in [0.4, 0.5) is 0 Å². The van der Waals surface area contributed by atoms with Crippen molar-refractivity contribution in [2.24, 2.45) is 5.92 Å². The summed E-state index contributed by atoms with van der Waals surface area (Å²) < 4.78 is 5.67. The average molecular weight is 372 g/mol. The monoisotopic (exact) mass is 371 g/mol. The maximum Gasteiger partial charge on any atom is 0.251 e. The van der Waals surface area contributed by atoms with Gasteiger partial charge in [-0.1, -0.05) is 11.6 Å². The molecule has 5 nitrogen and oxygen atoms in total. The fraction of sp³-hybridized carbons (Fsp3) is 0.400. The molecule has 2 unspecified atom stereocenters. The molecule has 136 valence electrons. The molecule has 6 heteroatoms. The Morgan fingerprint density at radius 1 is 1.23 bits per heavy atom. The van der Waals surface area contributed by atoms with Crippen molar-refractivity contribution in [3.63, 3.8) is 0 Å². The van der Waals surface area contributed by atoms with Crippen LogP contribution in [-0.2, 0) is 0 Å². The molecule has 0 spiro atoms. The van der Waals surface area contributed by atoms with E-state index in [0.29, 0.717) is 34.2 Å². The first kappa shape index (κ1) is 17.3. The van der Waals surface area contributed by atoms with Crippen LogP contribution >= 0.6 is 11.6 Å². The number of halogens is 1. The van der Waals surface area contributed by atoms with Crippen LogP contribution in [0.1, 0.15) is 30.1 Å². The molecule has 2 aromatic rings. The lowest BCUT2D eigenvalue weighted by Gasteiger charge is -2.49. The maximum atomic E-state index is 12.6. The van der Waals surface area contributed by atoms with E-state index in [1.807, 2.05) is 0 Å². The number of hydrogen-bond acceptors (Lipinski definition) is 4. The van der Waals surface area contributed by atoms with Gasteiger partial charge in [0.05, 0.1) is 0 Å². The third-order valence-electron chi connectivity index (χ3n) is 5.51. The molecule has 4 heterocycles. The molecule has 3 saturated heterocycles. The third-order valence-corrected chi connectivity index (χ3v) is 5.75. The zero-order valence-corrected chi connectivity index (χ0v) is 15.4. The second-order valence-corrected chi connectivity index (χ2v) is 7.49. The molecule has 1 aromatic carbocycles. The van der Waals surface area contributed by atoms with E-state index in [0.717, 1.165) is 13.1 Å². The van der Waals surface area contributed by atoms with Gasteiger partial charge in [0.15, 0.2) is 0 Å². The molecule has 2 atom stereocenters. The predicted octanol–water partition coefficient (Wildman–Crippen LogP) is 3.74. The first-order chi connectivity index (χ1) is 12.6. The van der Waals surface area contributed by atoms with Crippen LogP contribution in [0, 0.1) is 5.92 Å². The molecule has 3 aliphatic heterocycles. The fourth-order valence-electron chi connectivity index (χ4n) is 4.02. The number of amides is 1. The van der Waals surface area contributed by atoms with Gasteiger partial charge in [0.25, 0.3) is 5.91 Å². The van der Waals surface area contributed by atoms with Gasteiger partial charge in [-0.05, 0) is 69.1 Å². The van der Waals surface area contributed by atoms with Gasteiger partial charge in [0, 0.05) is 34.9 Å². The number of rotatable bonds is 4. The number of aromatic nitrogens is 1. The van der Waals surface area contributed by atoms with E-state index < -0.39 is 0 Å². The van der Waals surface area contributed by atoms with Crippen molar-refractivity contribution in [1.29, 1.82) is 0 Å². The summed E-state index contributed by atoms with van der Waals surface area (Å²) >= 11 is 5.93. The number of hydrogen-bond donors (Lipinski definition) is 1. The minimum atomic E-state index is -0.0250. The van der Waals surface area contributed by atoms with E-state index in [-0.39, 0.29) is 11.9 Å². The van der Waals surface area contributed by atoms with E-state index in [1.165, 1.54) is 12.8 Å². The Morgan fingerprint density at radius 2 is 1.96 bits per heavy atom. The summed E-state index contributed by atoms with van der Waals surface area (Å²) in [5.41, 5.74) is 0.639. The summed E-state index contributed by atoms with van der Waals surface area (Å²) in [6, 6.07) is 11.1. The van der Waals surface area contributed by atoms with Crippen LogP contribution in [-0.4, -0.2) is 41.0 Å². The first-order valence-corrected chi connectivity index (χ1v) is 9.42. The SMILES string of the molecule is CC1C(NC(=O)c2ccc(Oc3cc(Cl)ccn3)cc2)C2CCN1CC2. The largest absolute Gasteiger partial charge is 0.439 e. The number of ether oxygens (including phenoxy) is 1. The molecule has 26 heavy (non-hydrogen) atoms. The van der Waals surface area contributed by atoms with Crippen molar-refractivity contribution >= 4 is 17.5 Å². The smallest absolute Gasteiger partial charge is 0.251 e. The standard InChI is InChI=1S/C20H22ClN3O2/c1-13-19(14-7-10-24(13)11-8-14)23-20(25)15-2-4-17(5-3-15)26-18-12-16(21)6-9-22-18/h2-6,9,12-14,19H,7-8,10-11H2,1H3,(H,23,25). The van der Waals surface area contributed by atoms with Crippen molar-refractivity contribution in [1.82, 2.24) is 15.2 Å². The normalized spacial score (nSPS) is 27.2. The summed E-state index contributed by atoms with van der Waals surface area (Å²) in [4.78, 5) is 19.2. The number of carbonyl (C=O) groups is 1. The molecule has 0 saturated carbocycles. The number of benzene rings is 1. The number of nitrogens with one attached hydrogen (secondary N) is 1. The number of piperidine rings is 3. The van der Waals surface area contributed by atoms with Gasteiger partial charge in [0.2, 0.25) is 5.88 Å². The van der Waals surface area contributed by atoms with Crippen molar-refractivity contribution in [2.45, 2.75) is 31.8 Å². The van der Waals surface area contributed by atoms with Crippen LogP contribution in [0.15, 0.2) is 42.6 Å². The van der Waals surface area contributed by atoms with Crippen molar-refractivity contribution in [3.8, 4) is 11.6 Å². The third kappa shape index (κ3) is 3.55. The lowest BCUT2D eigenvalue weighted by molar-refractivity contribution is 0.0217. The van der Waals surface area contributed by atoms with E-state index in [2.05, 4.69) is 22.1 Å². The molecule has 5 rings (SSSR count). The van der Waals surface area contributed by atoms with Gasteiger partial charge in [-0.25, -0.2) is 4.98 Å². The molecule has 0 radical (unpaired) electrons. The highest BCUT2D eigenvalue weighted by Gasteiger charge is 2.40.